The predicted octanol–water partition coefficient (Wildman–Crippen LogP) is 4.21. The van der Waals surface area contributed by atoms with Gasteiger partial charge in [0, 0.05) is 37.6 Å². The number of nitrogens with one attached hydrogen (secondary N) is 1. The second-order valence-electron chi connectivity index (χ2n) is 7.86. The molecule has 0 bridgehead atoms. The van der Waals surface area contributed by atoms with Crippen molar-refractivity contribution in [2.75, 3.05) is 36.4 Å². The van der Waals surface area contributed by atoms with Gasteiger partial charge >= 0.3 is 6.03 Å². The number of anilines is 2. The fourth-order valence-electron chi connectivity index (χ4n) is 3.38. The van der Waals surface area contributed by atoms with Gasteiger partial charge in [0.25, 0.3) is 0 Å². The second-order valence-corrected chi connectivity index (χ2v) is 7.86. The fraction of sp³-hybridized carbons (Fsp3) is 0.364. The first-order valence-electron chi connectivity index (χ1n) is 9.29. The summed E-state index contributed by atoms with van der Waals surface area (Å²) in [5.74, 6) is 0. The van der Waals surface area contributed by atoms with Crippen molar-refractivity contribution in [2.24, 2.45) is 0 Å². The molecule has 1 heterocycles. The van der Waals surface area contributed by atoms with E-state index >= 15 is 0 Å². The molecule has 2 amide bonds. The van der Waals surface area contributed by atoms with Crippen LogP contribution in [0, 0.1) is 11.3 Å². The zero-order chi connectivity index (χ0) is 19.4. The molecule has 0 unspecified atom stereocenters. The second kappa shape index (κ2) is 7.71. The first-order valence-corrected chi connectivity index (χ1v) is 9.29. The number of nitriles is 1. The molecule has 0 aromatic heterocycles. The topological polar surface area (TPSA) is 59.4 Å². The quantitative estimate of drug-likeness (QED) is 0.870. The molecule has 1 aliphatic rings. The van der Waals surface area contributed by atoms with Gasteiger partial charge in [-0.05, 0) is 35.2 Å². The first kappa shape index (κ1) is 18.8. The molecule has 0 radical (unpaired) electrons. The summed E-state index contributed by atoms with van der Waals surface area (Å²) in [4.78, 5) is 16.8. The maximum atomic E-state index is 12.7. The number of para-hydroxylation sites is 1. The summed E-state index contributed by atoms with van der Waals surface area (Å²) in [5, 5.41) is 12.2. The van der Waals surface area contributed by atoms with E-state index < -0.39 is 0 Å². The van der Waals surface area contributed by atoms with Crippen LogP contribution >= 0.6 is 0 Å². The molecule has 0 saturated carbocycles. The fourth-order valence-corrected chi connectivity index (χ4v) is 3.38. The Morgan fingerprint density at radius 1 is 1.04 bits per heavy atom. The van der Waals surface area contributed by atoms with Crippen molar-refractivity contribution in [1.82, 2.24) is 4.90 Å². The van der Waals surface area contributed by atoms with E-state index in [4.69, 9.17) is 5.26 Å². The summed E-state index contributed by atoms with van der Waals surface area (Å²) in [6.07, 6.45) is 0. The molecule has 1 N–H and O–H groups in total. The molecule has 0 aliphatic carbocycles. The van der Waals surface area contributed by atoms with Gasteiger partial charge in [0.2, 0.25) is 0 Å². The van der Waals surface area contributed by atoms with Gasteiger partial charge in [0.05, 0.1) is 11.6 Å². The lowest BCUT2D eigenvalue weighted by Gasteiger charge is -2.36. The summed E-state index contributed by atoms with van der Waals surface area (Å²) in [5.41, 5.74) is 3.66. The zero-order valence-electron chi connectivity index (χ0n) is 16.2. The van der Waals surface area contributed by atoms with Crippen molar-refractivity contribution in [3.8, 4) is 6.07 Å². The van der Waals surface area contributed by atoms with Crippen molar-refractivity contribution >= 4 is 17.4 Å². The number of hydrogen-bond acceptors (Lipinski definition) is 3. The Balaban J connectivity index is 1.63. The Morgan fingerprint density at radius 3 is 2.41 bits per heavy atom. The van der Waals surface area contributed by atoms with Gasteiger partial charge in [0.1, 0.15) is 0 Å². The van der Waals surface area contributed by atoms with Gasteiger partial charge in [-0.15, -0.1) is 0 Å². The van der Waals surface area contributed by atoms with Crippen molar-refractivity contribution in [3.63, 3.8) is 0 Å². The molecule has 2 aromatic rings. The van der Waals surface area contributed by atoms with Crippen LogP contribution in [-0.4, -0.2) is 37.1 Å². The number of rotatable bonds is 2. The Morgan fingerprint density at radius 2 is 1.74 bits per heavy atom. The molecule has 140 valence electrons. The Kier molecular flexibility index (Phi) is 5.36. The minimum absolute atomic E-state index is 0.0334. The van der Waals surface area contributed by atoms with E-state index in [1.165, 1.54) is 0 Å². The zero-order valence-corrected chi connectivity index (χ0v) is 16.2. The standard InChI is InChI=1S/C22H26N4O/c1-22(2,3)19-9-4-5-10-20(19)24-21(27)26-13-11-25(12-14-26)18-8-6-7-17(15-18)16-23/h4-10,15H,11-14H2,1-3H3,(H,24,27). The highest BCUT2D eigenvalue weighted by Gasteiger charge is 2.24. The van der Waals surface area contributed by atoms with Crippen LogP contribution in [0.3, 0.4) is 0 Å². The molecule has 5 nitrogen and oxygen atoms in total. The Hall–Kier alpha value is -3.00. The summed E-state index contributed by atoms with van der Waals surface area (Å²) < 4.78 is 0. The van der Waals surface area contributed by atoms with Crippen LogP contribution in [0.4, 0.5) is 16.2 Å². The first-order chi connectivity index (χ1) is 12.9. The maximum Gasteiger partial charge on any atom is 0.321 e. The van der Waals surface area contributed by atoms with Crippen LogP contribution < -0.4 is 10.2 Å². The van der Waals surface area contributed by atoms with Crippen molar-refractivity contribution in [2.45, 2.75) is 26.2 Å². The van der Waals surface area contributed by atoms with Crippen molar-refractivity contribution in [3.05, 3.63) is 59.7 Å². The van der Waals surface area contributed by atoms with E-state index in [-0.39, 0.29) is 11.4 Å². The molecular weight excluding hydrogens is 336 g/mol. The van der Waals surface area contributed by atoms with E-state index in [1.54, 1.807) is 6.07 Å². The third kappa shape index (κ3) is 4.40. The summed E-state index contributed by atoms with van der Waals surface area (Å²) in [7, 11) is 0. The summed E-state index contributed by atoms with van der Waals surface area (Å²) in [6.45, 7) is 9.25. The molecular formula is C22H26N4O. The molecule has 0 atom stereocenters. The van der Waals surface area contributed by atoms with E-state index in [0.29, 0.717) is 18.7 Å². The van der Waals surface area contributed by atoms with Crippen LogP contribution in [-0.2, 0) is 5.41 Å². The molecule has 1 aliphatic heterocycles. The Labute approximate surface area is 161 Å². The van der Waals surface area contributed by atoms with Crippen LogP contribution in [0.2, 0.25) is 0 Å². The van der Waals surface area contributed by atoms with Gasteiger partial charge in [0.15, 0.2) is 0 Å². The molecule has 0 spiro atoms. The summed E-state index contributed by atoms with van der Waals surface area (Å²) in [6, 6.07) is 17.7. The number of nitrogens with zero attached hydrogens (tertiary/aromatic N) is 3. The highest BCUT2D eigenvalue weighted by atomic mass is 16.2. The predicted molar refractivity (Wildman–Crippen MR) is 109 cm³/mol. The average Bonchev–Trinajstić information content (AvgIpc) is 2.67. The van der Waals surface area contributed by atoms with E-state index in [9.17, 15) is 4.79 Å². The third-order valence-electron chi connectivity index (χ3n) is 4.88. The van der Waals surface area contributed by atoms with E-state index in [1.807, 2.05) is 41.3 Å². The number of amides is 2. The van der Waals surface area contributed by atoms with Gasteiger partial charge < -0.3 is 15.1 Å². The number of hydrogen-bond donors (Lipinski definition) is 1. The molecule has 5 heteroatoms. The van der Waals surface area contributed by atoms with Crippen LogP contribution in [0.5, 0.6) is 0 Å². The lowest BCUT2D eigenvalue weighted by molar-refractivity contribution is 0.208. The molecule has 1 fully saturated rings. The van der Waals surface area contributed by atoms with Crippen LogP contribution in [0.1, 0.15) is 31.9 Å². The summed E-state index contributed by atoms with van der Waals surface area (Å²) >= 11 is 0. The van der Waals surface area contributed by atoms with Gasteiger partial charge in [-0.25, -0.2) is 4.79 Å². The number of carbonyl (C=O) groups is 1. The number of benzene rings is 2. The maximum absolute atomic E-state index is 12.7. The lowest BCUT2D eigenvalue weighted by Crippen LogP contribution is -2.50. The molecule has 27 heavy (non-hydrogen) atoms. The third-order valence-corrected chi connectivity index (χ3v) is 4.88. The number of urea groups is 1. The molecule has 1 saturated heterocycles. The molecule has 2 aromatic carbocycles. The normalized spacial score (nSPS) is 14.6. The highest BCUT2D eigenvalue weighted by molar-refractivity contribution is 5.90. The minimum atomic E-state index is -0.0582. The van der Waals surface area contributed by atoms with Crippen molar-refractivity contribution in [1.29, 1.82) is 5.26 Å². The lowest BCUT2D eigenvalue weighted by atomic mass is 9.86. The molecule has 3 rings (SSSR count). The van der Waals surface area contributed by atoms with Gasteiger partial charge in [-0.1, -0.05) is 45.0 Å². The van der Waals surface area contributed by atoms with Gasteiger partial charge in [-0.2, -0.15) is 5.26 Å². The van der Waals surface area contributed by atoms with Crippen LogP contribution in [0.25, 0.3) is 0 Å². The van der Waals surface area contributed by atoms with E-state index in [0.717, 1.165) is 30.0 Å². The van der Waals surface area contributed by atoms with Crippen molar-refractivity contribution < 1.29 is 4.79 Å². The van der Waals surface area contributed by atoms with Gasteiger partial charge in [-0.3, -0.25) is 0 Å². The monoisotopic (exact) mass is 362 g/mol. The Bertz CT molecular complexity index is 855. The average molecular weight is 362 g/mol. The smallest absolute Gasteiger partial charge is 0.321 e. The largest absolute Gasteiger partial charge is 0.368 e. The van der Waals surface area contributed by atoms with E-state index in [2.05, 4.69) is 43.1 Å². The van der Waals surface area contributed by atoms with Crippen LogP contribution in [0.15, 0.2) is 48.5 Å². The minimum Gasteiger partial charge on any atom is -0.368 e. The number of carbonyl (C=O) groups excluding carboxylic acids is 1. The number of piperazine rings is 1. The SMILES string of the molecule is CC(C)(C)c1ccccc1NC(=O)N1CCN(c2cccc(C#N)c2)CC1. The highest BCUT2D eigenvalue weighted by Crippen LogP contribution is 2.29.